The summed E-state index contributed by atoms with van der Waals surface area (Å²) < 4.78 is 0. The van der Waals surface area contributed by atoms with Gasteiger partial charge in [-0.1, -0.05) is 84.5 Å². The van der Waals surface area contributed by atoms with Crippen LogP contribution in [0, 0.1) is 0 Å². The van der Waals surface area contributed by atoms with Gasteiger partial charge in [0.25, 0.3) is 5.91 Å². The lowest BCUT2D eigenvalue weighted by atomic mass is 10.1. The molecule has 0 aromatic carbocycles. The molecule has 192 valence electrons. The highest BCUT2D eigenvalue weighted by Crippen LogP contribution is 2.13. The second-order valence-corrected chi connectivity index (χ2v) is 8.79. The second kappa shape index (κ2) is 19.4. The summed E-state index contributed by atoms with van der Waals surface area (Å²) in [6.45, 7) is 5.38. The van der Waals surface area contributed by atoms with Crippen molar-refractivity contribution in [1.82, 2.24) is 10.6 Å². The molecular formula is C25H46N2O6. The Hall–Kier alpha value is -2.09. The Morgan fingerprint density at radius 2 is 1.21 bits per heavy atom. The lowest BCUT2D eigenvalue weighted by Gasteiger charge is -2.19. The van der Waals surface area contributed by atoms with Crippen molar-refractivity contribution in [2.45, 2.75) is 129 Å². The average molecular weight is 471 g/mol. The number of nitrogens with one attached hydrogen (secondary N) is 2. The SMILES string of the molecule is CCCCCCCCCCCCCC(=O)N/C(C(=O)NC(C(=O)O)C(C)O)=C(/O)CCCC. The highest BCUT2D eigenvalue weighted by molar-refractivity contribution is 5.99. The fraction of sp³-hybridized carbons (Fsp3) is 0.800. The minimum atomic E-state index is -1.55. The van der Waals surface area contributed by atoms with Gasteiger partial charge in [0.2, 0.25) is 5.91 Å². The van der Waals surface area contributed by atoms with Crippen molar-refractivity contribution in [3.05, 3.63) is 11.5 Å². The smallest absolute Gasteiger partial charge is 0.328 e. The monoisotopic (exact) mass is 470 g/mol. The molecule has 5 N–H and O–H groups in total. The molecule has 0 bridgehead atoms. The molecule has 0 radical (unpaired) electrons. The Morgan fingerprint density at radius 1 is 0.727 bits per heavy atom. The maximum atomic E-state index is 12.5. The van der Waals surface area contributed by atoms with Crippen molar-refractivity contribution in [1.29, 1.82) is 0 Å². The summed E-state index contributed by atoms with van der Waals surface area (Å²) in [6.07, 6.45) is 13.2. The standard InChI is InChI=1S/C25H46N2O6/c1-4-6-8-9-10-11-12-13-14-15-16-18-21(30)26-23(20(29)17-7-5-2)24(31)27-22(19(3)28)25(32)33/h19,22,28-29H,4-18H2,1-3H3,(H,26,30)(H,27,31)(H,32,33)/b23-20+. The predicted molar refractivity (Wildman–Crippen MR) is 130 cm³/mol. The van der Waals surface area contributed by atoms with Gasteiger partial charge in [-0.25, -0.2) is 4.79 Å². The Labute approximate surface area is 199 Å². The largest absolute Gasteiger partial charge is 0.510 e. The molecule has 0 aromatic heterocycles. The summed E-state index contributed by atoms with van der Waals surface area (Å²) in [5.41, 5.74) is -0.344. The van der Waals surface area contributed by atoms with Gasteiger partial charge in [-0.3, -0.25) is 9.59 Å². The van der Waals surface area contributed by atoms with Gasteiger partial charge in [0.1, 0.15) is 11.5 Å². The number of allylic oxidation sites excluding steroid dienone is 1. The van der Waals surface area contributed by atoms with E-state index in [-0.39, 0.29) is 24.3 Å². The van der Waals surface area contributed by atoms with Crippen LogP contribution in [0.4, 0.5) is 0 Å². The van der Waals surface area contributed by atoms with E-state index in [1.165, 1.54) is 51.9 Å². The number of rotatable bonds is 20. The van der Waals surface area contributed by atoms with Crippen molar-refractivity contribution in [2.24, 2.45) is 0 Å². The molecule has 8 nitrogen and oxygen atoms in total. The number of hydrogen-bond acceptors (Lipinski definition) is 5. The molecule has 0 rings (SSSR count). The Morgan fingerprint density at radius 3 is 1.67 bits per heavy atom. The van der Waals surface area contributed by atoms with Gasteiger partial charge in [-0.2, -0.15) is 0 Å². The molecule has 0 saturated carbocycles. The van der Waals surface area contributed by atoms with Crippen LogP contribution >= 0.6 is 0 Å². The summed E-state index contributed by atoms with van der Waals surface area (Å²) in [5, 5.41) is 33.7. The van der Waals surface area contributed by atoms with Crippen molar-refractivity contribution < 1.29 is 29.7 Å². The van der Waals surface area contributed by atoms with E-state index >= 15 is 0 Å². The number of aliphatic carboxylic acids is 1. The molecule has 0 aromatic rings. The molecule has 2 atom stereocenters. The van der Waals surface area contributed by atoms with Gasteiger partial charge >= 0.3 is 5.97 Å². The Bertz CT molecular complexity index is 604. The highest BCUT2D eigenvalue weighted by Gasteiger charge is 2.28. The van der Waals surface area contributed by atoms with Crippen molar-refractivity contribution in [3.63, 3.8) is 0 Å². The van der Waals surface area contributed by atoms with Crippen LogP contribution < -0.4 is 10.6 Å². The van der Waals surface area contributed by atoms with Crippen molar-refractivity contribution in [2.75, 3.05) is 0 Å². The van der Waals surface area contributed by atoms with Gasteiger partial charge in [0, 0.05) is 12.8 Å². The summed E-state index contributed by atoms with van der Waals surface area (Å²) in [5.74, 6) is -3.03. The third-order valence-corrected chi connectivity index (χ3v) is 5.59. The Kier molecular flexibility index (Phi) is 18.2. The lowest BCUT2D eigenvalue weighted by molar-refractivity contribution is -0.144. The number of carbonyl (C=O) groups excluding carboxylic acids is 2. The zero-order chi connectivity index (χ0) is 25.1. The van der Waals surface area contributed by atoms with Crippen molar-refractivity contribution >= 4 is 17.8 Å². The lowest BCUT2D eigenvalue weighted by Crippen LogP contribution is -2.50. The van der Waals surface area contributed by atoms with E-state index in [0.29, 0.717) is 12.8 Å². The number of carboxylic acids is 1. The normalized spacial score (nSPS) is 13.7. The van der Waals surface area contributed by atoms with Gasteiger partial charge in [-0.15, -0.1) is 0 Å². The minimum absolute atomic E-state index is 0.185. The quantitative estimate of drug-likeness (QED) is 0.0993. The molecule has 0 aliphatic carbocycles. The fourth-order valence-electron chi connectivity index (χ4n) is 3.48. The van der Waals surface area contributed by atoms with E-state index in [1.807, 2.05) is 6.92 Å². The number of carboxylic acid groups (broad SMARTS) is 1. The average Bonchev–Trinajstić information content (AvgIpc) is 2.77. The number of aliphatic hydroxyl groups is 2. The van der Waals surface area contributed by atoms with Crippen LogP contribution in [0.15, 0.2) is 11.5 Å². The molecule has 33 heavy (non-hydrogen) atoms. The molecule has 0 aliphatic rings. The first kappa shape index (κ1) is 30.9. The molecule has 8 heteroatoms. The van der Waals surface area contributed by atoms with Gasteiger partial charge < -0.3 is 26.0 Å². The van der Waals surface area contributed by atoms with E-state index < -0.39 is 29.9 Å². The molecule has 0 aliphatic heterocycles. The van der Waals surface area contributed by atoms with Gasteiger partial charge in [-0.05, 0) is 19.8 Å². The number of unbranched alkanes of at least 4 members (excludes halogenated alkanes) is 11. The summed E-state index contributed by atoms with van der Waals surface area (Å²) in [6, 6.07) is -1.55. The Balaban J connectivity index is 4.52. The van der Waals surface area contributed by atoms with Crippen molar-refractivity contribution in [3.8, 4) is 0 Å². The van der Waals surface area contributed by atoms with Gasteiger partial charge in [0.05, 0.1) is 6.10 Å². The molecule has 0 fully saturated rings. The van der Waals surface area contributed by atoms with E-state index in [1.54, 1.807) is 0 Å². The van der Waals surface area contributed by atoms with E-state index in [2.05, 4.69) is 17.6 Å². The summed E-state index contributed by atoms with van der Waals surface area (Å²) in [4.78, 5) is 36.1. The number of hydrogen-bond donors (Lipinski definition) is 5. The topological polar surface area (TPSA) is 136 Å². The predicted octanol–water partition coefficient (Wildman–Crippen LogP) is 4.71. The minimum Gasteiger partial charge on any atom is -0.510 e. The summed E-state index contributed by atoms with van der Waals surface area (Å²) in [7, 11) is 0. The molecule has 0 saturated heterocycles. The van der Waals surface area contributed by atoms with Crippen LogP contribution in [-0.4, -0.2) is 45.2 Å². The van der Waals surface area contributed by atoms with E-state index in [9.17, 15) is 24.6 Å². The van der Waals surface area contributed by atoms with Crippen LogP contribution in [0.25, 0.3) is 0 Å². The van der Waals surface area contributed by atoms with E-state index in [0.717, 1.165) is 25.7 Å². The number of aliphatic hydroxyl groups excluding tert-OH is 2. The first-order valence-corrected chi connectivity index (χ1v) is 12.7. The molecular weight excluding hydrogens is 424 g/mol. The fourth-order valence-corrected chi connectivity index (χ4v) is 3.48. The van der Waals surface area contributed by atoms with Crippen LogP contribution in [-0.2, 0) is 14.4 Å². The first-order valence-electron chi connectivity index (χ1n) is 12.7. The van der Waals surface area contributed by atoms with Crippen LogP contribution in [0.2, 0.25) is 0 Å². The van der Waals surface area contributed by atoms with E-state index in [4.69, 9.17) is 5.11 Å². The summed E-state index contributed by atoms with van der Waals surface area (Å²) >= 11 is 0. The number of amides is 2. The van der Waals surface area contributed by atoms with Crippen LogP contribution in [0.5, 0.6) is 0 Å². The maximum absolute atomic E-state index is 12.5. The second-order valence-electron chi connectivity index (χ2n) is 8.79. The molecule has 0 spiro atoms. The van der Waals surface area contributed by atoms with Crippen LogP contribution in [0.1, 0.15) is 117 Å². The molecule has 2 unspecified atom stereocenters. The highest BCUT2D eigenvalue weighted by atomic mass is 16.4. The zero-order valence-corrected chi connectivity index (χ0v) is 20.8. The number of carbonyl (C=O) groups is 3. The van der Waals surface area contributed by atoms with Crippen LogP contribution in [0.3, 0.4) is 0 Å². The third kappa shape index (κ3) is 15.4. The zero-order valence-electron chi connectivity index (χ0n) is 20.8. The van der Waals surface area contributed by atoms with Gasteiger partial charge in [0.15, 0.2) is 6.04 Å². The molecule has 2 amide bonds. The maximum Gasteiger partial charge on any atom is 0.328 e. The third-order valence-electron chi connectivity index (χ3n) is 5.59. The molecule has 0 heterocycles. The first-order chi connectivity index (χ1) is 15.7.